The summed E-state index contributed by atoms with van der Waals surface area (Å²) in [5.74, 6) is 0.681. The molecule has 130 valence electrons. The third-order valence-electron chi connectivity index (χ3n) is 3.51. The molecule has 8 heteroatoms. The minimum absolute atomic E-state index is 0.0331. The number of aryl methyl sites for hydroxylation is 2. The lowest BCUT2D eigenvalue weighted by Gasteiger charge is -2.20. The van der Waals surface area contributed by atoms with Crippen LogP contribution >= 0.6 is 34.4 Å². The third kappa shape index (κ3) is 4.26. The Morgan fingerprint density at radius 1 is 1.28 bits per heavy atom. The summed E-state index contributed by atoms with van der Waals surface area (Å²) in [4.78, 5) is 18.6. The zero-order valence-electron chi connectivity index (χ0n) is 14.2. The molecule has 0 unspecified atom stereocenters. The van der Waals surface area contributed by atoms with Gasteiger partial charge >= 0.3 is 0 Å². The minimum atomic E-state index is -0.0331. The van der Waals surface area contributed by atoms with Crippen LogP contribution in [-0.2, 0) is 17.0 Å². The maximum Gasteiger partial charge on any atom is 0.230 e. The molecular formula is C17H18N4OS3. The van der Waals surface area contributed by atoms with Gasteiger partial charge in [-0.25, -0.2) is 4.98 Å². The Hall–Kier alpha value is -1.77. The predicted molar refractivity (Wildman–Crippen MR) is 105 cm³/mol. The van der Waals surface area contributed by atoms with Gasteiger partial charge in [-0.3, -0.25) is 9.69 Å². The maximum absolute atomic E-state index is 12.3. The summed E-state index contributed by atoms with van der Waals surface area (Å²) in [7, 11) is 0. The second-order valence-corrected chi connectivity index (χ2v) is 8.57. The van der Waals surface area contributed by atoms with Crippen molar-refractivity contribution in [2.75, 3.05) is 4.90 Å². The van der Waals surface area contributed by atoms with Gasteiger partial charge in [0.15, 0.2) is 9.47 Å². The Kier molecular flexibility index (Phi) is 5.82. The van der Waals surface area contributed by atoms with E-state index in [1.807, 2.05) is 36.6 Å². The molecule has 5 nitrogen and oxygen atoms in total. The lowest BCUT2D eigenvalue weighted by molar-refractivity contribution is -0.115. The van der Waals surface area contributed by atoms with E-state index in [9.17, 15) is 4.79 Å². The number of rotatable bonds is 6. The van der Waals surface area contributed by atoms with Crippen LogP contribution in [0.25, 0.3) is 0 Å². The van der Waals surface area contributed by atoms with Crippen molar-refractivity contribution in [2.24, 2.45) is 0 Å². The Balaban J connectivity index is 1.81. The van der Waals surface area contributed by atoms with Crippen molar-refractivity contribution in [1.29, 1.82) is 0 Å². The number of thiazole rings is 1. The third-order valence-corrected chi connectivity index (χ3v) is 6.39. The van der Waals surface area contributed by atoms with Crippen LogP contribution in [0.2, 0.25) is 0 Å². The second-order valence-electron chi connectivity index (χ2n) is 5.33. The number of carbonyl (C=O) groups excluding carboxylic acids is 1. The van der Waals surface area contributed by atoms with E-state index in [2.05, 4.69) is 22.1 Å². The van der Waals surface area contributed by atoms with Gasteiger partial charge in [0.2, 0.25) is 5.91 Å². The van der Waals surface area contributed by atoms with Gasteiger partial charge < -0.3 is 0 Å². The molecule has 0 spiro atoms. The van der Waals surface area contributed by atoms with Gasteiger partial charge in [0.1, 0.15) is 5.01 Å². The predicted octanol–water partition coefficient (Wildman–Crippen LogP) is 4.84. The fourth-order valence-corrected chi connectivity index (χ4v) is 5.07. The Morgan fingerprint density at radius 2 is 2.08 bits per heavy atom. The molecule has 0 N–H and O–H groups in total. The molecule has 2 aromatic heterocycles. The van der Waals surface area contributed by atoms with Gasteiger partial charge in [-0.1, -0.05) is 48.2 Å². The molecule has 2 heterocycles. The standard InChI is InChI=1S/C17H18N4OS3/c1-4-13-7-5-6-8-15(13)21(12(3)22)16-18-14(9-23-16)10-24-17-20-19-11(2)25-17/h5-9H,4,10H2,1-3H3. The highest BCUT2D eigenvalue weighted by atomic mass is 32.2. The fourth-order valence-electron chi connectivity index (χ4n) is 2.37. The Morgan fingerprint density at radius 3 is 2.76 bits per heavy atom. The summed E-state index contributed by atoms with van der Waals surface area (Å²) in [5, 5.41) is 11.8. The molecule has 1 aromatic carbocycles. The van der Waals surface area contributed by atoms with Crippen LogP contribution in [0.5, 0.6) is 0 Å². The number of hydrogen-bond acceptors (Lipinski definition) is 7. The molecule has 0 aliphatic carbocycles. The summed E-state index contributed by atoms with van der Waals surface area (Å²) in [6, 6.07) is 7.97. The number of thioether (sulfide) groups is 1. The number of hydrogen-bond donors (Lipinski definition) is 0. The summed E-state index contributed by atoms with van der Waals surface area (Å²) >= 11 is 4.68. The zero-order valence-corrected chi connectivity index (χ0v) is 16.7. The first-order chi connectivity index (χ1) is 12.1. The molecule has 0 aliphatic heterocycles. The van der Waals surface area contributed by atoms with Crippen molar-refractivity contribution in [3.05, 3.63) is 45.9 Å². The van der Waals surface area contributed by atoms with Gasteiger partial charge in [0, 0.05) is 18.1 Å². The van der Waals surface area contributed by atoms with E-state index in [0.717, 1.165) is 32.7 Å². The van der Waals surface area contributed by atoms with Crippen molar-refractivity contribution < 1.29 is 4.79 Å². The highest BCUT2D eigenvalue weighted by molar-refractivity contribution is 8.00. The van der Waals surface area contributed by atoms with E-state index in [1.165, 1.54) is 11.3 Å². The molecule has 0 radical (unpaired) electrons. The van der Waals surface area contributed by atoms with Gasteiger partial charge in [0.25, 0.3) is 0 Å². The van der Waals surface area contributed by atoms with Gasteiger partial charge in [-0.2, -0.15) is 0 Å². The molecule has 0 bridgehead atoms. The molecule has 0 fully saturated rings. The van der Waals surface area contributed by atoms with Crippen molar-refractivity contribution in [3.63, 3.8) is 0 Å². The maximum atomic E-state index is 12.3. The molecule has 1 amide bonds. The lowest BCUT2D eigenvalue weighted by atomic mass is 10.1. The van der Waals surface area contributed by atoms with Crippen LogP contribution in [0.4, 0.5) is 10.8 Å². The fraction of sp³-hybridized carbons (Fsp3) is 0.294. The quantitative estimate of drug-likeness (QED) is 0.564. The summed E-state index contributed by atoms with van der Waals surface area (Å²) in [6.45, 7) is 5.61. The molecule has 0 aliphatic rings. The normalized spacial score (nSPS) is 10.8. The minimum Gasteiger partial charge on any atom is -0.274 e. The summed E-state index contributed by atoms with van der Waals surface area (Å²) < 4.78 is 0.937. The second kappa shape index (κ2) is 8.07. The van der Waals surface area contributed by atoms with Crippen LogP contribution in [-0.4, -0.2) is 21.1 Å². The summed E-state index contributed by atoms with van der Waals surface area (Å²) in [5.41, 5.74) is 2.98. The van der Waals surface area contributed by atoms with Crippen molar-refractivity contribution in [3.8, 4) is 0 Å². The largest absolute Gasteiger partial charge is 0.274 e. The smallest absolute Gasteiger partial charge is 0.230 e. The first-order valence-corrected chi connectivity index (χ1v) is 10.5. The first-order valence-electron chi connectivity index (χ1n) is 7.84. The van der Waals surface area contributed by atoms with E-state index in [0.29, 0.717) is 10.9 Å². The van der Waals surface area contributed by atoms with Crippen LogP contribution in [0.3, 0.4) is 0 Å². The Labute approximate surface area is 159 Å². The number of amides is 1. The number of para-hydroxylation sites is 1. The van der Waals surface area contributed by atoms with Crippen molar-refractivity contribution in [2.45, 2.75) is 37.3 Å². The molecule has 0 atom stereocenters. The van der Waals surface area contributed by atoms with Crippen LogP contribution < -0.4 is 4.90 Å². The SMILES string of the molecule is CCc1ccccc1N(C(C)=O)c1nc(CSc2nnc(C)s2)cs1. The first kappa shape index (κ1) is 18.0. The van der Waals surface area contributed by atoms with E-state index < -0.39 is 0 Å². The number of benzene rings is 1. The number of nitrogens with zero attached hydrogens (tertiary/aromatic N) is 4. The highest BCUT2D eigenvalue weighted by Gasteiger charge is 2.20. The van der Waals surface area contributed by atoms with Crippen molar-refractivity contribution >= 4 is 51.2 Å². The average Bonchev–Trinajstić information content (AvgIpc) is 3.22. The molecule has 25 heavy (non-hydrogen) atoms. The molecule has 0 saturated carbocycles. The van der Waals surface area contributed by atoms with Gasteiger partial charge in [-0.05, 0) is 25.0 Å². The van der Waals surface area contributed by atoms with Gasteiger partial charge in [0.05, 0.1) is 11.4 Å². The molecular weight excluding hydrogens is 372 g/mol. The number of carbonyl (C=O) groups is 1. The van der Waals surface area contributed by atoms with E-state index in [1.54, 1.807) is 34.9 Å². The molecule has 0 saturated heterocycles. The monoisotopic (exact) mass is 390 g/mol. The topological polar surface area (TPSA) is 59.0 Å². The van der Waals surface area contributed by atoms with Crippen LogP contribution in [0, 0.1) is 6.92 Å². The Bertz CT molecular complexity index is 874. The average molecular weight is 391 g/mol. The molecule has 3 rings (SSSR count). The van der Waals surface area contributed by atoms with Gasteiger partial charge in [-0.15, -0.1) is 21.5 Å². The number of anilines is 2. The van der Waals surface area contributed by atoms with E-state index in [4.69, 9.17) is 0 Å². The highest BCUT2D eigenvalue weighted by Crippen LogP contribution is 2.33. The lowest BCUT2D eigenvalue weighted by Crippen LogP contribution is -2.23. The van der Waals surface area contributed by atoms with E-state index >= 15 is 0 Å². The van der Waals surface area contributed by atoms with Crippen molar-refractivity contribution in [1.82, 2.24) is 15.2 Å². The number of aromatic nitrogens is 3. The zero-order chi connectivity index (χ0) is 17.8. The molecule has 3 aromatic rings. The summed E-state index contributed by atoms with van der Waals surface area (Å²) in [6.07, 6.45) is 0.866. The van der Waals surface area contributed by atoms with E-state index in [-0.39, 0.29) is 5.91 Å². The van der Waals surface area contributed by atoms with Crippen LogP contribution in [0.1, 0.15) is 30.1 Å². The van der Waals surface area contributed by atoms with Crippen LogP contribution in [0.15, 0.2) is 34.0 Å².